The maximum absolute atomic E-state index is 13.4. The zero-order chi connectivity index (χ0) is 22.4. The molecule has 5 N–H and O–H groups in total. The lowest BCUT2D eigenvalue weighted by Crippen LogP contribution is -2.41. The topological polar surface area (TPSA) is 166 Å². The summed E-state index contributed by atoms with van der Waals surface area (Å²) in [5, 5.41) is 22.8. The molecule has 12 nitrogen and oxygen atoms in total. The predicted octanol–water partition coefficient (Wildman–Crippen LogP) is 1.10. The fraction of sp³-hybridized carbons (Fsp3) is 0.375. The molecule has 1 heterocycles. The molecule has 0 spiro atoms. The molecule has 0 saturated heterocycles. The predicted molar refractivity (Wildman–Crippen MR) is 114 cm³/mol. The minimum Gasteiger partial charge on any atom is -0.363 e. The molecule has 1 fully saturated rings. The largest absolute Gasteiger partial charge is 0.363 e. The van der Waals surface area contributed by atoms with E-state index in [0.717, 1.165) is 19.1 Å². The van der Waals surface area contributed by atoms with Crippen LogP contribution in [0, 0.1) is 5.82 Å². The van der Waals surface area contributed by atoms with Gasteiger partial charge in [0.2, 0.25) is 21.8 Å². The van der Waals surface area contributed by atoms with E-state index in [1.807, 2.05) is 5.48 Å². The minimum atomic E-state index is -3.46. The van der Waals surface area contributed by atoms with E-state index in [9.17, 15) is 18.0 Å². The second-order valence-corrected chi connectivity index (χ2v) is 9.18. The number of hydrogen-bond donors (Lipinski definition) is 5. The maximum atomic E-state index is 13.4. The fourth-order valence-corrected chi connectivity index (χ4v) is 3.16. The number of benzene rings is 1. The van der Waals surface area contributed by atoms with Gasteiger partial charge in [0.15, 0.2) is 11.5 Å². The van der Waals surface area contributed by atoms with Gasteiger partial charge in [0.25, 0.3) is 0 Å². The molecule has 1 aromatic carbocycles. The Morgan fingerprint density at radius 3 is 2.81 bits per heavy atom. The smallest absolute Gasteiger partial charge is 0.232 e. The third-order valence-corrected chi connectivity index (χ3v) is 5.01. The Morgan fingerprint density at radius 1 is 1.39 bits per heavy atom. The molecular weight excluding hydrogens is 499 g/mol. The van der Waals surface area contributed by atoms with E-state index >= 15 is 0 Å². The molecule has 168 valence electrons. The lowest BCUT2D eigenvalue weighted by molar-refractivity contribution is 0.234. The normalized spacial score (nSPS) is 15.0. The van der Waals surface area contributed by atoms with Crippen LogP contribution in [0.5, 0.6) is 0 Å². The van der Waals surface area contributed by atoms with Crippen molar-refractivity contribution in [1.29, 1.82) is 0 Å². The Bertz CT molecular complexity index is 1090. The average Bonchev–Trinajstić information content (AvgIpc) is 3.39. The van der Waals surface area contributed by atoms with Gasteiger partial charge in [0, 0.05) is 12.6 Å². The highest BCUT2D eigenvalue weighted by atomic mass is 79.9. The number of hydroxylamine groups is 1. The molecule has 31 heavy (non-hydrogen) atoms. The number of rotatable bonds is 8. The number of aromatic nitrogens is 2. The second-order valence-electron chi connectivity index (χ2n) is 6.58. The molecule has 0 atom stereocenters. The van der Waals surface area contributed by atoms with Crippen molar-refractivity contribution in [2.75, 3.05) is 24.7 Å². The number of halogens is 2. The van der Waals surface area contributed by atoms with Crippen molar-refractivity contribution in [2.24, 2.45) is 9.98 Å². The zero-order valence-electron chi connectivity index (χ0n) is 16.3. The Kier molecular flexibility index (Phi) is 7.40. The van der Waals surface area contributed by atoms with E-state index in [-0.39, 0.29) is 46.9 Å². The summed E-state index contributed by atoms with van der Waals surface area (Å²) >= 11 is 3.07. The van der Waals surface area contributed by atoms with Gasteiger partial charge in [-0.3, -0.25) is 20.4 Å². The highest BCUT2D eigenvalue weighted by molar-refractivity contribution is 9.10. The Labute approximate surface area is 185 Å². The minimum absolute atomic E-state index is 0.0810. The summed E-state index contributed by atoms with van der Waals surface area (Å²) < 4.78 is 43.6. The quantitative estimate of drug-likeness (QED) is 0.149. The molecule has 0 amide bonds. The summed E-state index contributed by atoms with van der Waals surface area (Å²) in [6.07, 6.45) is 2.96. The molecule has 1 aromatic heterocycles. The van der Waals surface area contributed by atoms with Crippen LogP contribution in [0.3, 0.4) is 0 Å². The number of nitrogens with one attached hydrogen (secondary N) is 4. The van der Waals surface area contributed by atoms with E-state index in [4.69, 9.17) is 4.63 Å². The second kappa shape index (κ2) is 10.0. The molecule has 15 heteroatoms. The van der Waals surface area contributed by atoms with E-state index in [2.05, 4.69) is 51.6 Å². The number of aliphatic imine (C=N–C) groups is 2. The van der Waals surface area contributed by atoms with Crippen LogP contribution < -0.4 is 20.8 Å². The molecule has 0 aliphatic heterocycles. The van der Waals surface area contributed by atoms with E-state index < -0.39 is 15.8 Å². The monoisotopic (exact) mass is 518 g/mol. The van der Waals surface area contributed by atoms with Crippen molar-refractivity contribution >= 4 is 49.3 Å². The molecule has 1 saturated carbocycles. The summed E-state index contributed by atoms with van der Waals surface area (Å²) in [5.41, 5.74) is 2.33. The van der Waals surface area contributed by atoms with Gasteiger partial charge in [0.05, 0.1) is 23.0 Å². The lowest BCUT2D eigenvalue weighted by Gasteiger charge is -2.10. The summed E-state index contributed by atoms with van der Waals surface area (Å²) in [6, 6.07) is 4.27. The van der Waals surface area contributed by atoms with Crippen molar-refractivity contribution in [3.63, 3.8) is 0 Å². The summed E-state index contributed by atoms with van der Waals surface area (Å²) in [7, 11) is -3.46. The molecule has 1 aliphatic carbocycles. The molecule has 2 aromatic rings. The van der Waals surface area contributed by atoms with Crippen LogP contribution in [0.2, 0.25) is 0 Å². The average molecular weight is 519 g/mol. The van der Waals surface area contributed by atoms with E-state index in [1.165, 1.54) is 18.2 Å². The summed E-state index contributed by atoms with van der Waals surface area (Å²) in [4.78, 5) is 8.37. The number of sulfonamides is 1. The Hall–Kier alpha value is -2.78. The van der Waals surface area contributed by atoms with Crippen LogP contribution in [0.25, 0.3) is 0 Å². The Morgan fingerprint density at radius 2 is 2.16 bits per heavy atom. The van der Waals surface area contributed by atoms with Crippen LogP contribution in [0.4, 0.5) is 15.9 Å². The van der Waals surface area contributed by atoms with Gasteiger partial charge in [-0.1, -0.05) is 0 Å². The third-order valence-electron chi connectivity index (χ3n) is 3.84. The van der Waals surface area contributed by atoms with Crippen molar-refractivity contribution in [1.82, 2.24) is 25.8 Å². The molecule has 0 unspecified atom stereocenters. The van der Waals surface area contributed by atoms with Gasteiger partial charge in [-0.15, -0.1) is 0 Å². The maximum Gasteiger partial charge on any atom is 0.232 e. The van der Waals surface area contributed by atoms with Crippen LogP contribution in [-0.2, 0) is 10.0 Å². The van der Waals surface area contributed by atoms with Gasteiger partial charge in [0.1, 0.15) is 5.82 Å². The van der Waals surface area contributed by atoms with Crippen LogP contribution in [0.1, 0.15) is 18.5 Å². The molecule has 0 radical (unpaired) electrons. The van der Waals surface area contributed by atoms with Gasteiger partial charge >= 0.3 is 0 Å². The van der Waals surface area contributed by atoms with E-state index in [1.54, 1.807) is 0 Å². The fourth-order valence-electron chi connectivity index (χ4n) is 2.32. The van der Waals surface area contributed by atoms with Crippen molar-refractivity contribution in [2.45, 2.75) is 18.9 Å². The van der Waals surface area contributed by atoms with Crippen molar-refractivity contribution in [3.8, 4) is 0 Å². The van der Waals surface area contributed by atoms with Gasteiger partial charge in [-0.2, -0.15) is 0 Å². The highest BCUT2D eigenvalue weighted by Gasteiger charge is 2.23. The first-order chi connectivity index (χ1) is 14.7. The SMILES string of the molecule is CS(=O)(=O)NC(=NCCNc1nonc1C(=Nc1ccc(F)c(Br)c1)NO)NC1CC1. The molecule has 3 rings (SSSR count). The van der Waals surface area contributed by atoms with Crippen molar-refractivity contribution in [3.05, 3.63) is 34.2 Å². The van der Waals surface area contributed by atoms with Gasteiger partial charge < -0.3 is 10.6 Å². The van der Waals surface area contributed by atoms with Crippen molar-refractivity contribution < 1.29 is 22.6 Å². The standard InChI is InChI=1S/C16H20BrFN8O4S/c1-31(28,29)26-16(22-9-2-3-9)20-7-6-19-14-13(24-30-25-14)15(23-27)21-10-4-5-12(18)11(17)8-10/h4-5,8-9,27H,2-3,6-7H2,1H3,(H,19,25)(H,21,23)(H2,20,22,26). The number of hydrogen-bond acceptors (Lipinski definition) is 9. The summed E-state index contributed by atoms with van der Waals surface area (Å²) in [6.45, 7) is 0.455. The van der Waals surface area contributed by atoms with Crippen LogP contribution in [-0.4, -0.2) is 61.1 Å². The first kappa shape index (κ1) is 22.9. The zero-order valence-corrected chi connectivity index (χ0v) is 18.7. The van der Waals surface area contributed by atoms with E-state index in [0.29, 0.717) is 5.69 Å². The number of nitrogens with zero attached hydrogens (tertiary/aromatic N) is 4. The molecular formula is C16H20BrFN8O4S. The first-order valence-corrected chi connectivity index (χ1v) is 11.7. The number of guanidine groups is 1. The first-order valence-electron chi connectivity index (χ1n) is 9.04. The summed E-state index contributed by atoms with van der Waals surface area (Å²) in [5.74, 6) is -0.194. The third kappa shape index (κ3) is 7.15. The Balaban J connectivity index is 1.66. The number of amidine groups is 1. The molecule has 0 bridgehead atoms. The lowest BCUT2D eigenvalue weighted by atomic mass is 10.3. The van der Waals surface area contributed by atoms with Gasteiger partial charge in [-0.25, -0.2) is 22.4 Å². The van der Waals surface area contributed by atoms with Gasteiger partial charge in [-0.05, 0) is 57.3 Å². The number of anilines is 1. The van der Waals surface area contributed by atoms with Crippen LogP contribution in [0.15, 0.2) is 37.3 Å². The highest BCUT2D eigenvalue weighted by Crippen LogP contribution is 2.23. The molecule has 1 aliphatic rings. The van der Waals surface area contributed by atoms with Crippen LogP contribution >= 0.6 is 15.9 Å².